The van der Waals surface area contributed by atoms with Gasteiger partial charge in [-0.15, -0.1) is 0 Å². The Morgan fingerprint density at radius 3 is 1.69 bits per heavy atom. The molecule has 0 radical (unpaired) electrons. The van der Waals surface area contributed by atoms with E-state index in [9.17, 15) is 5.11 Å². The summed E-state index contributed by atoms with van der Waals surface area (Å²) in [7, 11) is -1.47. The monoisotopic (exact) mass is 703 g/mol. The predicted octanol–water partition coefficient (Wildman–Crippen LogP) is 11.2. The minimum absolute atomic E-state index is 0. The van der Waals surface area contributed by atoms with Crippen LogP contribution in [-0.2, 0) is 4.43 Å². The third-order valence-corrected chi connectivity index (χ3v) is 13.7. The van der Waals surface area contributed by atoms with Gasteiger partial charge in [0.2, 0.25) is 0 Å². The number of hydrogen-bond acceptors (Lipinski definition) is 2. The average molecular weight is 703 g/mol. The molecule has 0 bridgehead atoms. The van der Waals surface area contributed by atoms with E-state index in [2.05, 4.69) is 141 Å². The first kappa shape index (κ1) is 50.5. The summed E-state index contributed by atoms with van der Waals surface area (Å²) >= 11 is 0. The molecule has 2 nitrogen and oxygen atoms in total. The summed E-state index contributed by atoms with van der Waals surface area (Å²) in [5.74, 6) is 1.08. The Balaban J connectivity index is 0. The van der Waals surface area contributed by atoms with Gasteiger partial charge in [-0.3, -0.25) is 0 Å². The van der Waals surface area contributed by atoms with Crippen molar-refractivity contribution in [2.24, 2.45) is 0 Å². The van der Waals surface area contributed by atoms with Crippen molar-refractivity contribution in [1.29, 1.82) is 0 Å². The number of rotatable bonds is 16. The fourth-order valence-electron chi connectivity index (χ4n) is 4.71. The van der Waals surface area contributed by atoms with E-state index < -0.39 is 8.32 Å². The second-order valence-electron chi connectivity index (χ2n) is 14.4. The first-order valence-corrected chi connectivity index (χ1v) is 21.4. The van der Waals surface area contributed by atoms with E-state index in [1.807, 2.05) is 43.3 Å². The molecule has 0 aliphatic rings. The van der Waals surface area contributed by atoms with Crippen molar-refractivity contribution in [3.05, 3.63) is 158 Å². The predicted molar refractivity (Wildman–Crippen MR) is 227 cm³/mol. The van der Waals surface area contributed by atoms with Crippen LogP contribution in [0.5, 0.6) is 0 Å². The smallest absolute Gasteiger partial charge is 0.419 e. The molecule has 1 N–H and O–H groups in total. The molecule has 276 valence electrons. The van der Waals surface area contributed by atoms with Crippen LogP contribution in [0.1, 0.15) is 115 Å². The van der Waals surface area contributed by atoms with Crippen LogP contribution in [0.4, 0.5) is 0 Å². The summed E-state index contributed by atoms with van der Waals surface area (Å²) in [6.45, 7) is 33.2. The molecule has 0 spiro atoms. The Bertz CT molecular complexity index is 1310. The van der Waals surface area contributed by atoms with E-state index in [0.29, 0.717) is 23.5 Å². The van der Waals surface area contributed by atoms with Gasteiger partial charge in [0.1, 0.15) is 0 Å². The SMILES string of the molecule is C=CC(=C)C.C=Cc1ccccc1.CC/C(C)=C/CC(CC(CCCCO)c1ccccc1)c1ccccc1.[CH2-]CCO[Si](C)(C)C(C)(C)C.[Li+]. The van der Waals surface area contributed by atoms with Crippen LogP contribution >= 0.6 is 0 Å². The second kappa shape index (κ2) is 29.9. The molecule has 3 aromatic rings. The van der Waals surface area contributed by atoms with Crippen molar-refractivity contribution in [2.45, 2.75) is 116 Å². The summed E-state index contributed by atoms with van der Waals surface area (Å²) in [4.78, 5) is 0. The maximum absolute atomic E-state index is 9.17. The van der Waals surface area contributed by atoms with E-state index in [4.69, 9.17) is 4.43 Å². The molecule has 0 fully saturated rings. The Hall–Kier alpha value is -2.65. The molecule has 0 amide bonds. The van der Waals surface area contributed by atoms with Crippen molar-refractivity contribution in [2.75, 3.05) is 13.2 Å². The van der Waals surface area contributed by atoms with Crippen molar-refractivity contribution in [3.63, 3.8) is 0 Å². The molecule has 0 saturated carbocycles. The number of benzene rings is 3. The van der Waals surface area contributed by atoms with Gasteiger partial charge in [0.05, 0.1) is 0 Å². The zero-order valence-corrected chi connectivity index (χ0v) is 35.1. The first-order valence-electron chi connectivity index (χ1n) is 18.5. The third-order valence-electron chi connectivity index (χ3n) is 9.18. The van der Waals surface area contributed by atoms with Gasteiger partial charge < -0.3 is 16.5 Å². The van der Waals surface area contributed by atoms with Gasteiger partial charge in [0.15, 0.2) is 8.32 Å². The van der Waals surface area contributed by atoms with Crippen LogP contribution in [-0.4, -0.2) is 26.6 Å². The fourth-order valence-corrected chi connectivity index (χ4v) is 5.79. The number of hydrogen-bond donors (Lipinski definition) is 1. The van der Waals surface area contributed by atoms with Crippen molar-refractivity contribution >= 4 is 14.4 Å². The Labute approximate surface area is 328 Å². The Kier molecular flexibility index (Phi) is 29.6. The number of allylic oxidation sites excluding steroid dienone is 4. The summed E-state index contributed by atoms with van der Waals surface area (Å²) in [5, 5.41) is 9.51. The summed E-state index contributed by atoms with van der Waals surface area (Å²) < 4.78 is 5.82. The molecular weight excluding hydrogens is 632 g/mol. The minimum Gasteiger partial charge on any atom is -0.419 e. The maximum atomic E-state index is 9.17. The normalized spacial score (nSPS) is 12.2. The van der Waals surface area contributed by atoms with E-state index in [1.54, 1.807) is 6.08 Å². The van der Waals surface area contributed by atoms with Crippen LogP contribution in [0.25, 0.3) is 6.08 Å². The van der Waals surface area contributed by atoms with Crippen molar-refractivity contribution < 1.29 is 28.4 Å². The van der Waals surface area contributed by atoms with Crippen LogP contribution in [0.3, 0.4) is 0 Å². The second-order valence-corrected chi connectivity index (χ2v) is 19.2. The third kappa shape index (κ3) is 24.3. The van der Waals surface area contributed by atoms with Gasteiger partial charge in [0.25, 0.3) is 0 Å². The number of unbranched alkanes of at least 4 members (excludes halogenated alkanes) is 1. The average Bonchev–Trinajstić information content (AvgIpc) is 3.13. The minimum atomic E-state index is -1.47. The quantitative estimate of drug-likeness (QED) is 0.0529. The zero-order valence-electron chi connectivity index (χ0n) is 34.1. The molecule has 0 aliphatic carbocycles. The molecule has 2 atom stereocenters. The van der Waals surface area contributed by atoms with Gasteiger partial charge in [0, 0.05) is 13.2 Å². The van der Waals surface area contributed by atoms with E-state index in [1.165, 1.54) is 22.3 Å². The first-order chi connectivity index (χ1) is 23.8. The van der Waals surface area contributed by atoms with Crippen molar-refractivity contribution in [3.8, 4) is 0 Å². The van der Waals surface area contributed by atoms with Gasteiger partial charge in [-0.1, -0.05) is 174 Å². The summed E-state index contributed by atoms with van der Waals surface area (Å²) in [6.07, 6.45) is 13.4. The van der Waals surface area contributed by atoms with Crippen LogP contribution in [0, 0.1) is 6.92 Å². The molecule has 0 heterocycles. The topological polar surface area (TPSA) is 29.5 Å². The molecule has 0 saturated heterocycles. The molecule has 2 unspecified atom stereocenters. The molecule has 51 heavy (non-hydrogen) atoms. The van der Waals surface area contributed by atoms with Gasteiger partial charge in [-0.25, -0.2) is 0 Å². The van der Waals surface area contributed by atoms with Gasteiger partial charge in [-0.05, 0) is 92.6 Å². The fraction of sp³-hybridized carbons (Fsp3) is 0.426. The zero-order chi connectivity index (χ0) is 37.8. The van der Waals surface area contributed by atoms with Crippen molar-refractivity contribution in [1.82, 2.24) is 0 Å². The van der Waals surface area contributed by atoms with Crippen LogP contribution in [0.15, 0.2) is 134 Å². The molecular formula is C47H71LiO2Si. The van der Waals surface area contributed by atoms with Gasteiger partial charge >= 0.3 is 18.9 Å². The molecule has 4 heteroatoms. The number of aliphatic hydroxyl groups excluding tert-OH is 1. The number of aliphatic hydroxyl groups is 1. The standard InChI is InChI=1S/C25H34O.C9H21OSi.C8H8.C5H8.Li/c1-3-21(2)17-18-25(23-14-8-5-9-15-23)20-24(16-10-11-19-26)22-12-6-4-7-13-22;1-7-8-10-11(5,6)9(2,3)4;1-2-8-6-4-3-5-7-8;1-4-5(2)3;/h4-9,12-15,17,24-26H,3,10-11,16,18-20H2,1-2H3;1,7-8H2,2-6H3;2-7H,1H2;4H,1-2H2,3H3;/q;-1;;;+1/b21-17+;;;;. The molecule has 0 aliphatic heterocycles. The Morgan fingerprint density at radius 2 is 1.31 bits per heavy atom. The molecule has 0 aromatic heterocycles. The largest absolute Gasteiger partial charge is 1.00 e. The van der Waals surface area contributed by atoms with E-state index in [-0.39, 0.29) is 18.9 Å². The molecule has 3 rings (SSSR count). The molecule has 3 aromatic carbocycles. The summed E-state index contributed by atoms with van der Waals surface area (Å²) in [5.41, 5.74) is 6.54. The van der Waals surface area contributed by atoms with Crippen LogP contribution in [0.2, 0.25) is 18.1 Å². The van der Waals surface area contributed by atoms with Crippen LogP contribution < -0.4 is 18.9 Å². The van der Waals surface area contributed by atoms with Gasteiger partial charge in [-0.2, -0.15) is 6.42 Å². The van der Waals surface area contributed by atoms with E-state index in [0.717, 1.165) is 57.1 Å². The summed E-state index contributed by atoms with van der Waals surface area (Å²) in [6, 6.07) is 31.9. The Morgan fingerprint density at radius 1 is 0.843 bits per heavy atom. The maximum Gasteiger partial charge on any atom is 1.00 e. The van der Waals surface area contributed by atoms with E-state index >= 15 is 0 Å².